The molecular formula is C18H20ClN3O. The quantitative estimate of drug-likeness (QED) is 0.909. The van der Waals surface area contributed by atoms with Gasteiger partial charge in [-0.3, -0.25) is 4.79 Å². The Morgan fingerprint density at radius 2 is 1.74 bits per heavy atom. The first-order valence-electron chi connectivity index (χ1n) is 8.01. The Hall–Kier alpha value is -2.07. The van der Waals surface area contributed by atoms with Gasteiger partial charge in [0.2, 0.25) is 0 Å². The van der Waals surface area contributed by atoms with Crippen molar-refractivity contribution >= 4 is 29.0 Å². The molecular weight excluding hydrogens is 310 g/mol. The standard InChI is InChI=1S/C18H20ClN3O/c19-14-7-9-15(10-8-14)21-18(23)16-6-5-11-20-17(16)22-12-3-1-2-4-13-22/h5-11H,1-4,12-13H2,(H,21,23). The van der Waals surface area contributed by atoms with Gasteiger partial charge in [-0.15, -0.1) is 0 Å². The maximum atomic E-state index is 12.6. The first-order chi connectivity index (χ1) is 11.2. The van der Waals surface area contributed by atoms with Crippen molar-refractivity contribution in [2.45, 2.75) is 25.7 Å². The molecule has 1 amide bonds. The van der Waals surface area contributed by atoms with Crippen LogP contribution in [0.25, 0.3) is 0 Å². The van der Waals surface area contributed by atoms with E-state index in [0.717, 1.165) is 37.4 Å². The Labute approximate surface area is 141 Å². The monoisotopic (exact) mass is 329 g/mol. The van der Waals surface area contributed by atoms with Crippen LogP contribution in [-0.4, -0.2) is 24.0 Å². The van der Waals surface area contributed by atoms with Crippen LogP contribution in [0.5, 0.6) is 0 Å². The highest BCUT2D eigenvalue weighted by atomic mass is 35.5. The largest absolute Gasteiger partial charge is 0.356 e. The van der Waals surface area contributed by atoms with E-state index < -0.39 is 0 Å². The topological polar surface area (TPSA) is 45.2 Å². The molecule has 1 aliphatic heterocycles. The summed E-state index contributed by atoms with van der Waals surface area (Å²) in [6.07, 6.45) is 6.54. The number of hydrogen-bond acceptors (Lipinski definition) is 3. The maximum Gasteiger partial charge on any atom is 0.259 e. The molecule has 0 aliphatic carbocycles. The molecule has 1 saturated heterocycles. The van der Waals surface area contributed by atoms with Gasteiger partial charge in [-0.2, -0.15) is 0 Å². The van der Waals surface area contributed by atoms with E-state index in [2.05, 4.69) is 15.2 Å². The van der Waals surface area contributed by atoms with E-state index in [1.165, 1.54) is 12.8 Å². The number of aromatic nitrogens is 1. The van der Waals surface area contributed by atoms with Crippen molar-refractivity contribution in [1.29, 1.82) is 0 Å². The number of nitrogens with one attached hydrogen (secondary N) is 1. The summed E-state index contributed by atoms with van der Waals surface area (Å²) in [5.41, 5.74) is 1.34. The normalized spacial score (nSPS) is 15.1. The number of pyridine rings is 1. The highest BCUT2D eigenvalue weighted by molar-refractivity contribution is 6.30. The lowest BCUT2D eigenvalue weighted by molar-refractivity contribution is 0.102. The SMILES string of the molecule is O=C(Nc1ccc(Cl)cc1)c1cccnc1N1CCCCCC1. The second kappa shape index (κ2) is 7.47. The third kappa shape index (κ3) is 4.02. The lowest BCUT2D eigenvalue weighted by Gasteiger charge is -2.23. The molecule has 2 heterocycles. The molecule has 5 heteroatoms. The van der Waals surface area contributed by atoms with Gasteiger partial charge in [-0.25, -0.2) is 4.98 Å². The van der Waals surface area contributed by atoms with Gasteiger partial charge < -0.3 is 10.2 Å². The molecule has 2 aromatic rings. The van der Waals surface area contributed by atoms with Gasteiger partial charge in [0.1, 0.15) is 5.82 Å². The van der Waals surface area contributed by atoms with E-state index in [9.17, 15) is 4.79 Å². The average molecular weight is 330 g/mol. The summed E-state index contributed by atoms with van der Waals surface area (Å²) in [7, 11) is 0. The summed E-state index contributed by atoms with van der Waals surface area (Å²) < 4.78 is 0. The van der Waals surface area contributed by atoms with Crippen molar-refractivity contribution in [3.63, 3.8) is 0 Å². The molecule has 1 N–H and O–H groups in total. The first kappa shape index (κ1) is 15.8. The van der Waals surface area contributed by atoms with Crippen LogP contribution >= 0.6 is 11.6 Å². The summed E-state index contributed by atoms with van der Waals surface area (Å²) in [5.74, 6) is 0.639. The Balaban J connectivity index is 1.81. The molecule has 0 bridgehead atoms. The molecule has 0 radical (unpaired) electrons. The lowest BCUT2D eigenvalue weighted by atomic mass is 10.2. The maximum absolute atomic E-state index is 12.6. The Kier molecular flexibility index (Phi) is 5.13. The van der Waals surface area contributed by atoms with E-state index in [0.29, 0.717) is 10.6 Å². The predicted molar refractivity (Wildman–Crippen MR) is 94.3 cm³/mol. The van der Waals surface area contributed by atoms with E-state index >= 15 is 0 Å². The fraction of sp³-hybridized carbons (Fsp3) is 0.333. The minimum Gasteiger partial charge on any atom is -0.356 e. The summed E-state index contributed by atoms with van der Waals surface area (Å²) in [5, 5.41) is 3.56. The van der Waals surface area contributed by atoms with Gasteiger partial charge >= 0.3 is 0 Å². The summed E-state index contributed by atoms with van der Waals surface area (Å²) in [6, 6.07) is 10.7. The third-order valence-corrected chi connectivity index (χ3v) is 4.29. The van der Waals surface area contributed by atoms with Crippen LogP contribution in [0.3, 0.4) is 0 Å². The Morgan fingerprint density at radius 1 is 1.04 bits per heavy atom. The van der Waals surface area contributed by atoms with E-state index in [-0.39, 0.29) is 5.91 Å². The molecule has 1 aromatic heterocycles. The zero-order chi connectivity index (χ0) is 16.1. The van der Waals surface area contributed by atoms with Crippen LogP contribution in [0.1, 0.15) is 36.0 Å². The van der Waals surface area contributed by atoms with Gasteiger partial charge in [0.25, 0.3) is 5.91 Å². The minimum absolute atomic E-state index is 0.139. The van der Waals surface area contributed by atoms with Gasteiger partial charge in [0.05, 0.1) is 5.56 Å². The van der Waals surface area contributed by atoms with Crippen molar-refractivity contribution < 1.29 is 4.79 Å². The molecule has 1 fully saturated rings. The molecule has 3 rings (SSSR count). The second-order valence-electron chi connectivity index (χ2n) is 5.74. The van der Waals surface area contributed by atoms with Crippen LogP contribution < -0.4 is 10.2 Å². The Morgan fingerprint density at radius 3 is 2.43 bits per heavy atom. The van der Waals surface area contributed by atoms with E-state index in [4.69, 9.17) is 11.6 Å². The number of amides is 1. The number of halogens is 1. The van der Waals surface area contributed by atoms with Crippen molar-refractivity contribution in [3.05, 3.63) is 53.2 Å². The number of rotatable bonds is 3. The zero-order valence-corrected chi connectivity index (χ0v) is 13.7. The molecule has 0 spiro atoms. The lowest BCUT2D eigenvalue weighted by Crippen LogP contribution is -2.28. The number of hydrogen-bond donors (Lipinski definition) is 1. The van der Waals surface area contributed by atoms with Crippen LogP contribution in [0.15, 0.2) is 42.6 Å². The predicted octanol–water partition coefficient (Wildman–Crippen LogP) is 4.37. The van der Waals surface area contributed by atoms with Crippen LogP contribution in [-0.2, 0) is 0 Å². The number of benzene rings is 1. The van der Waals surface area contributed by atoms with Gasteiger partial charge in [-0.1, -0.05) is 24.4 Å². The average Bonchev–Trinajstić information content (AvgIpc) is 2.86. The molecule has 0 unspecified atom stereocenters. The van der Waals surface area contributed by atoms with Gasteiger partial charge in [0.15, 0.2) is 0 Å². The summed E-state index contributed by atoms with van der Waals surface area (Å²) >= 11 is 5.88. The second-order valence-corrected chi connectivity index (χ2v) is 6.17. The van der Waals surface area contributed by atoms with E-state index in [1.54, 1.807) is 36.5 Å². The molecule has 0 atom stereocenters. The third-order valence-electron chi connectivity index (χ3n) is 4.04. The van der Waals surface area contributed by atoms with Crippen LogP contribution in [0, 0.1) is 0 Å². The van der Waals surface area contributed by atoms with Crippen molar-refractivity contribution in [2.75, 3.05) is 23.3 Å². The van der Waals surface area contributed by atoms with Crippen molar-refractivity contribution in [2.24, 2.45) is 0 Å². The number of carbonyl (C=O) groups excluding carboxylic acids is 1. The fourth-order valence-electron chi connectivity index (χ4n) is 2.84. The molecule has 4 nitrogen and oxygen atoms in total. The van der Waals surface area contributed by atoms with Crippen molar-refractivity contribution in [1.82, 2.24) is 4.98 Å². The van der Waals surface area contributed by atoms with Crippen LogP contribution in [0.2, 0.25) is 5.02 Å². The fourth-order valence-corrected chi connectivity index (χ4v) is 2.97. The van der Waals surface area contributed by atoms with Gasteiger partial charge in [0, 0.05) is 30.0 Å². The van der Waals surface area contributed by atoms with Crippen molar-refractivity contribution in [3.8, 4) is 0 Å². The molecule has 23 heavy (non-hydrogen) atoms. The zero-order valence-electron chi connectivity index (χ0n) is 13.0. The first-order valence-corrected chi connectivity index (χ1v) is 8.39. The number of anilines is 2. The highest BCUT2D eigenvalue weighted by Crippen LogP contribution is 2.22. The van der Waals surface area contributed by atoms with Crippen LogP contribution in [0.4, 0.5) is 11.5 Å². The van der Waals surface area contributed by atoms with E-state index in [1.807, 2.05) is 6.07 Å². The van der Waals surface area contributed by atoms with Gasteiger partial charge in [-0.05, 0) is 49.2 Å². The molecule has 1 aromatic carbocycles. The smallest absolute Gasteiger partial charge is 0.259 e. The molecule has 1 aliphatic rings. The summed E-state index contributed by atoms with van der Waals surface area (Å²) in [4.78, 5) is 19.3. The Bertz CT molecular complexity index is 664. The minimum atomic E-state index is -0.139. The highest BCUT2D eigenvalue weighted by Gasteiger charge is 2.19. The molecule has 120 valence electrons. The summed E-state index contributed by atoms with van der Waals surface area (Å²) in [6.45, 7) is 1.91. The number of carbonyl (C=O) groups is 1. The number of nitrogens with zero attached hydrogens (tertiary/aromatic N) is 2. The molecule has 0 saturated carbocycles.